The van der Waals surface area contributed by atoms with E-state index in [4.69, 9.17) is 3.79 Å². The Labute approximate surface area is 84.2 Å². The predicted molar refractivity (Wildman–Crippen MR) is 56.3 cm³/mol. The summed E-state index contributed by atoms with van der Waals surface area (Å²) in [7, 11) is 1.81. The number of rotatable bonds is 4. The molecule has 0 atom stereocenters. The smallest absolute Gasteiger partial charge is 0.454 e. The third kappa shape index (κ3) is 3.40. The van der Waals surface area contributed by atoms with Crippen LogP contribution in [0.25, 0.3) is 0 Å². The lowest BCUT2D eigenvalue weighted by atomic mass is 10.2. The minimum absolute atomic E-state index is 0.706. The second-order valence-electron chi connectivity index (χ2n) is 3.21. The molecule has 13 heavy (non-hydrogen) atoms. The summed E-state index contributed by atoms with van der Waals surface area (Å²) in [6, 6.07) is 8.10. The van der Waals surface area contributed by atoms with E-state index in [2.05, 4.69) is 22.4 Å². The zero-order valence-electron chi connectivity index (χ0n) is 8.45. The quantitative estimate of drug-likeness (QED) is 0.534. The van der Waals surface area contributed by atoms with Crippen LogP contribution in [-0.2, 0) is 10.4 Å². The first-order valence-corrected chi connectivity index (χ1v) is 7.31. The Morgan fingerprint density at radius 2 is 2.00 bits per heavy atom. The second-order valence-corrected chi connectivity index (χ2v) is 5.64. The molecule has 2 nitrogen and oxygen atoms in total. The molecular formula is C10H16AlO2+. The Kier molecular flexibility index (Phi) is 4.31. The van der Waals surface area contributed by atoms with Crippen molar-refractivity contribution in [2.75, 3.05) is 7.11 Å². The molecule has 0 aliphatic rings. The summed E-state index contributed by atoms with van der Waals surface area (Å²) in [6.07, 6.45) is 0. The summed E-state index contributed by atoms with van der Waals surface area (Å²) in [5.74, 6) is 5.38. The first kappa shape index (κ1) is 10.6. The maximum absolute atomic E-state index is 5.65. The van der Waals surface area contributed by atoms with E-state index in [0.29, 0.717) is 6.61 Å². The highest BCUT2D eigenvalue weighted by molar-refractivity contribution is 6.48. The van der Waals surface area contributed by atoms with E-state index >= 15 is 0 Å². The highest BCUT2D eigenvalue weighted by Gasteiger charge is 2.09. The van der Waals surface area contributed by atoms with Crippen molar-refractivity contribution < 1.29 is 8.53 Å². The van der Waals surface area contributed by atoms with Crippen molar-refractivity contribution in [3.05, 3.63) is 29.8 Å². The monoisotopic (exact) mass is 195 g/mol. The third-order valence-electron chi connectivity index (χ3n) is 1.80. The van der Waals surface area contributed by atoms with Gasteiger partial charge in [0.05, 0.1) is 5.56 Å². The Morgan fingerprint density at radius 3 is 2.62 bits per heavy atom. The van der Waals surface area contributed by atoms with Crippen molar-refractivity contribution in [3.8, 4) is 5.75 Å². The van der Waals surface area contributed by atoms with Gasteiger partial charge in [-0.05, 0) is 6.07 Å². The fraction of sp³-hybridized carbons (Fsp3) is 0.400. The molecule has 1 rings (SSSR count). The van der Waals surface area contributed by atoms with E-state index < -0.39 is 14.5 Å². The second kappa shape index (κ2) is 5.29. The van der Waals surface area contributed by atoms with Gasteiger partial charge in [-0.1, -0.05) is 23.7 Å². The number of benzene rings is 1. The molecule has 0 heterocycles. The number of hydrogen-bond acceptors (Lipinski definition) is 1. The molecule has 70 valence electrons. The van der Waals surface area contributed by atoms with Crippen LogP contribution < -0.4 is 0 Å². The fourth-order valence-corrected chi connectivity index (χ4v) is 1.62. The number of aliphatic hydroxyl groups is 1. The van der Waals surface area contributed by atoms with Crippen molar-refractivity contribution in [2.24, 2.45) is 0 Å². The highest BCUT2D eigenvalue weighted by atomic mass is 27.2. The van der Waals surface area contributed by atoms with E-state index in [9.17, 15) is 0 Å². The van der Waals surface area contributed by atoms with Crippen LogP contribution in [0.2, 0.25) is 11.6 Å². The summed E-state index contributed by atoms with van der Waals surface area (Å²) >= 11 is -0.914. The Hall–Kier alpha value is -0.488. The minimum atomic E-state index is -0.914. The number of ether oxygens (including phenoxy) is 1. The Balaban J connectivity index is 2.64. The molecule has 0 radical (unpaired) electrons. The van der Waals surface area contributed by atoms with Crippen molar-refractivity contribution in [3.63, 3.8) is 0 Å². The summed E-state index contributed by atoms with van der Waals surface area (Å²) in [5.41, 5.74) is 1.19. The van der Waals surface area contributed by atoms with Crippen LogP contribution in [0.3, 0.4) is 0 Å². The third-order valence-corrected chi connectivity index (χ3v) is 2.64. The Bertz CT molecular complexity index is 261. The maximum atomic E-state index is 5.65. The summed E-state index contributed by atoms with van der Waals surface area (Å²) < 4.78 is 9.83. The van der Waals surface area contributed by atoms with Crippen LogP contribution in [-0.4, -0.2) is 26.3 Å². The molecule has 1 N–H and O–H groups in total. The van der Waals surface area contributed by atoms with Gasteiger partial charge in [0.15, 0.2) is 7.11 Å². The fourth-order valence-electron chi connectivity index (χ4n) is 1.11. The van der Waals surface area contributed by atoms with Crippen LogP contribution in [0, 0.1) is 0 Å². The van der Waals surface area contributed by atoms with Crippen LogP contribution >= 0.6 is 0 Å². The molecule has 0 aliphatic carbocycles. The summed E-state index contributed by atoms with van der Waals surface area (Å²) in [6.45, 7) is 0.706. The van der Waals surface area contributed by atoms with Crippen LogP contribution in [0.5, 0.6) is 5.75 Å². The van der Waals surface area contributed by atoms with Gasteiger partial charge in [0.25, 0.3) is 5.75 Å². The lowest BCUT2D eigenvalue weighted by molar-refractivity contribution is 0.130. The molecule has 0 unspecified atom stereocenters. The summed E-state index contributed by atoms with van der Waals surface area (Å²) in [5, 5.41) is 0. The zero-order valence-corrected chi connectivity index (χ0v) is 9.60. The topological polar surface area (TPSA) is 22.0 Å². The van der Waals surface area contributed by atoms with E-state index in [1.165, 1.54) is 5.56 Å². The largest absolute Gasteiger partial charge is 0.584 e. The van der Waals surface area contributed by atoms with Crippen molar-refractivity contribution in [2.45, 2.75) is 18.2 Å². The summed E-state index contributed by atoms with van der Waals surface area (Å²) in [4.78, 5) is 0. The van der Waals surface area contributed by atoms with Gasteiger partial charge in [-0.2, -0.15) is 0 Å². The number of hydrogen-bond donors (Lipinski definition) is 0. The molecule has 0 saturated heterocycles. The van der Waals surface area contributed by atoms with Gasteiger partial charge in [-0.15, -0.1) is 0 Å². The average Bonchev–Trinajstić information content (AvgIpc) is 2.15. The molecule has 0 saturated carbocycles. The minimum Gasteiger partial charge on any atom is -0.584 e. The van der Waals surface area contributed by atoms with Crippen LogP contribution in [0.4, 0.5) is 0 Å². The number of aromatic hydroxyl groups is 1. The molecule has 0 bridgehead atoms. The average molecular weight is 195 g/mol. The number of para-hydroxylation sites is 1. The van der Waals surface area contributed by atoms with Crippen LogP contribution in [0.1, 0.15) is 5.56 Å². The molecule has 0 spiro atoms. The van der Waals surface area contributed by atoms with E-state index in [1.807, 2.05) is 25.3 Å². The van der Waals surface area contributed by atoms with Crippen molar-refractivity contribution in [1.82, 2.24) is 0 Å². The zero-order chi connectivity index (χ0) is 9.68. The van der Waals surface area contributed by atoms with E-state index in [1.54, 1.807) is 0 Å². The van der Waals surface area contributed by atoms with E-state index in [0.717, 1.165) is 5.75 Å². The van der Waals surface area contributed by atoms with E-state index in [-0.39, 0.29) is 0 Å². The normalized spacial score (nSPS) is 9.77. The standard InChI is InChI=1S/C8H9O2.2CH3.Al/c1-10-8-5-3-2-4-7(8)6-9;;;/h2-5H,6H2,1H3;2*1H3;/q-1;;;+1/p+1. The Morgan fingerprint density at radius 1 is 1.31 bits per heavy atom. The molecule has 0 amide bonds. The van der Waals surface area contributed by atoms with Crippen molar-refractivity contribution in [1.29, 1.82) is 0 Å². The van der Waals surface area contributed by atoms with Gasteiger partial charge in [-0.3, -0.25) is 0 Å². The van der Waals surface area contributed by atoms with Gasteiger partial charge in [-0.25, -0.2) is 0 Å². The van der Waals surface area contributed by atoms with Gasteiger partial charge in [0, 0.05) is 12.7 Å². The lowest BCUT2D eigenvalue weighted by Crippen LogP contribution is -2.07. The first-order valence-electron chi connectivity index (χ1n) is 4.53. The SMILES string of the molecule is C[OH+]c1ccccc1C[O][Al]([CH3])[CH3]. The van der Waals surface area contributed by atoms with Crippen molar-refractivity contribution >= 4 is 14.5 Å². The molecule has 0 aromatic heterocycles. The lowest BCUT2D eigenvalue weighted by Gasteiger charge is -2.07. The first-order chi connectivity index (χ1) is 6.24. The van der Waals surface area contributed by atoms with Gasteiger partial charge < -0.3 is 8.53 Å². The molecule has 0 aliphatic heterocycles. The molecular weight excluding hydrogens is 179 g/mol. The van der Waals surface area contributed by atoms with Crippen LogP contribution in [0.15, 0.2) is 24.3 Å². The molecule has 1 aromatic carbocycles. The predicted octanol–water partition coefficient (Wildman–Crippen LogP) is 2.33. The maximum Gasteiger partial charge on any atom is 0.454 e. The molecule has 0 fully saturated rings. The molecule has 1 aromatic rings. The van der Waals surface area contributed by atoms with Gasteiger partial charge >= 0.3 is 14.5 Å². The molecule has 3 heteroatoms. The van der Waals surface area contributed by atoms with Gasteiger partial charge in [0.1, 0.15) is 0 Å². The van der Waals surface area contributed by atoms with Gasteiger partial charge in [0.2, 0.25) is 0 Å². The highest BCUT2D eigenvalue weighted by Crippen LogP contribution is 2.18.